The lowest BCUT2D eigenvalue weighted by atomic mass is 10.1. The van der Waals surface area contributed by atoms with Crippen LogP contribution in [0, 0.1) is 12.7 Å². The highest BCUT2D eigenvalue weighted by molar-refractivity contribution is 6.33. The second-order valence-electron chi connectivity index (χ2n) is 7.02. The maximum atomic E-state index is 15.0. The highest BCUT2D eigenvalue weighted by atomic mass is 35.5. The lowest BCUT2D eigenvalue weighted by molar-refractivity contribution is -0.189. The Morgan fingerprint density at radius 1 is 1.30 bits per heavy atom. The summed E-state index contributed by atoms with van der Waals surface area (Å²) >= 11 is 5.91. The van der Waals surface area contributed by atoms with Gasteiger partial charge >= 0.3 is 6.18 Å². The van der Waals surface area contributed by atoms with Crippen LogP contribution in [0.15, 0.2) is 12.1 Å². The van der Waals surface area contributed by atoms with Gasteiger partial charge in [0.05, 0.1) is 16.8 Å². The Morgan fingerprint density at radius 2 is 1.97 bits per heavy atom. The standard InChI is InChI=1S/C19H17ClF4N6O3/c1-7-14(15(20)28-27-7)25-18(32)11-5-12(21)10(6-13(11)33-9(3)19(22,23)24)16-26-17(8(2)31)30(4)29-16/h5-6,9H,1-4H3,(H,25,32)(H,27,28). The molecule has 1 amide bonds. The van der Waals surface area contributed by atoms with Gasteiger partial charge in [0.2, 0.25) is 0 Å². The van der Waals surface area contributed by atoms with Gasteiger partial charge in [-0.15, -0.1) is 0 Å². The van der Waals surface area contributed by atoms with E-state index in [9.17, 15) is 27.2 Å². The van der Waals surface area contributed by atoms with Gasteiger partial charge in [-0.25, -0.2) is 14.1 Å². The zero-order chi connectivity index (χ0) is 24.7. The predicted molar refractivity (Wildman–Crippen MR) is 109 cm³/mol. The van der Waals surface area contributed by atoms with Crippen LogP contribution in [-0.4, -0.2) is 48.9 Å². The number of hydrogen-bond acceptors (Lipinski definition) is 6. The molecule has 0 spiro atoms. The maximum Gasteiger partial charge on any atom is 0.425 e. The number of ketones is 1. The van der Waals surface area contributed by atoms with Crippen molar-refractivity contribution in [2.75, 3.05) is 5.32 Å². The normalized spacial score (nSPS) is 12.5. The zero-order valence-electron chi connectivity index (χ0n) is 17.6. The van der Waals surface area contributed by atoms with Crippen LogP contribution in [0.4, 0.5) is 23.2 Å². The predicted octanol–water partition coefficient (Wildman–Crippen LogP) is 4.09. The van der Waals surface area contributed by atoms with Crippen molar-refractivity contribution < 1.29 is 31.9 Å². The monoisotopic (exact) mass is 488 g/mol. The topological polar surface area (TPSA) is 115 Å². The summed E-state index contributed by atoms with van der Waals surface area (Å²) in [5.74, 6) is -3.42. The van der Waals surface area contributed by atoms with Gasteiger partial charge in [-0.1, -0.05) is 11.6 Å². The molecule has 0 bridgehead atoms. The minimum atomic E-state index is -4.77. The molecule has 0 aliphatic rings. The van der Waals surface area contributed by atoms with Crippen LogP contribution in [-0.2, 0) is 7.05 Å². The fraction of sp³-hybridized carbons (Fsp3) is 0.316. The molecule has 2 heterocycles. The Morgan fingerprint density at radius 3 is 2.48 bits per heavy atom. The van der Waals surface area contributed by atoms with Crippen LogP contribution in [0.25, 0.3) is 11.4 Å². The van der Waals surface area contributed by atoms with Gasteiger partial charge in [0, 0.05) is 14.0 Å². The van der Waals surface area contributed by atoms with Crippen molar-refractivity contribution in [2.45, 2.75) is 33.1 Å². The number of aryl methyl sites for hydroxylation is 2. The van der Waals surface area contributed by atoms with Gasteiger partial charge in [-0.2, -0.15) is 23.4 Å². The number of nitrogens with one attached hydrogen (secondary N) is 2. The van der Waals surface area contributed by atoms with Crippen molar-refractivity contribution in [1.29, 1.82) is 0 Å². The Labute approximate surface area is 189 Å². The first-order valence-corrected chi connectivity index (χ1v) is 9.68. The number of carbonyl (C=O) groups excluding carboxylic acids is 2. The number of halogens is 5. The van der Waals surface area contributed by atoms with E-state index in [0.717, 1.165) is 17.7 Å². The molecule has 0 aliphatic carbocycles. The molecule has 0 radical (unpaired) electrons. The summed E-state index contributed by atoms with van der Waals surface area (Å²) < 4.78 is 60.4. The molecule has 0 saturated carbocycles. The molecule has 176 valence electrons. The summed E-state index contributed by atoms with van der Waals surface area (Å²) in [6, 6.07) is 1.56. The van der Waals surface area contributed by atoms with E-state index in [1.165, 1.54) is 20.9 Å². The van der Waals surface area contributed by atoms with Gasteiger partial charge in [0.15, 0.2) is 23.5 Å². The number of rotatable bonds is 6. The minimum absolute atomic E-state index is 0.0292. The smallest absolute Gasteiger partial charge is 0.425 e. The van der Waals surface area contributed by atoms with Crippen LogP contribution < -0.4 is 10.1 Å². The largest absolute Gasteiger partial charge is 0.480 e. The van der Waals surface area contributed by atoms with E-state index in [0.29, 0.717) is 11.8 Å². The van der Waals surface area contributed by atoms with Crippen molar-refractivity contribution in [1.82, 2.24) is 25.0 Å². The third-order valence-electron chi connectivity index (χ3n) is 4.54. The molecule has 2 N–H and O–H groups in total. The van der Waals surface area contributed by atoms with Crippen molar-refractivity contribution in [3.63, 3.8) is 0 Å². The first-order chi connectivity index (χ1) is 15.3. The Bertz CT molecular complexity index is 1220. The number of nitrogens with zero attached hydrogens (tertiary/aromatic N) is 4. The van der Waals surface area contributed by atoms with Gasteiger partial charge in [-0.05, 0) is 26.0 Å². The number of benzene rings is 1. The zero-order valence-corrected chi connectivity index (χ0v) is 18.4. The summed E-state index contributed by atoms with van der Waals surface area (Å²) in [5, 5.41) is 12.5. The highest BCUT2D eigenvalue weighted by Gasteiger charge is 2.39. The van der Waals surface area contributed by atoms with Crippen molar-refractivity contribution in [3.8, 4) is 17.1 Å². The minimum Gasteiger partial charge on any atom is -0.480 e. The van der Waals surface area contributed by atoms with Crippen LogP contribution >= 0.6 is 11.6 Å². The summed E-state index contributed by atoms with van der Waals surface area (Å²) in [6.45, 7) is 3.47. The number of anilines is 1. The molecular weight excluding hydrogens is 472 g/mol. The summed E-state index contributed by atoms with van der Waals surface area (Å²) in [4.78, 5) is 28.3. The molecule has 3 aromatic rings. The molecule has 2 aromatic heterocycles. The summed E-state index contributed by atoms with van der Waals surface area (Å²) in [5.41, 5.74) is -0.534. The fourth-order valence-corrected chi connectivity index (χ4v) is 3.02. The molecular formula is C19H17ClF4N6O3. The van der Waals surface area contributed by atoms with Crippen molar-refractivity contribution in [3.05, 3.63) is 40.2 Å². The first-order valence-electron chi connectivity index (χ1n) is 9.30. The molecule has 14 heteroatoms. The Kier molecular flexibility index (Phi) is 6.45. The quantitative estimate of drug-likeness (QED) is 0.399. The second-order valence-corrected chi connectivity index (χ2v) is 7.40. The SMILES string of the molecule is CC(=O)c1nc(-c2cc(OC(C)C(F)(F)F)c(C(=O)Nc3c(C)n[nH]c3Cl)cc2F)nn1C. The number of ether oxygens (including phenoxy) is 1. The van der Waals surface area contributed by atoms with Crippen molar-refractivity contribution in [2.24, 2.45) is 7.05 Å². The van der Waals surface area contributed by atoms with E-state index in [2.05, 4.69) is 25.6 Å². The van der Waals surface area contributed by atoms with E-state index in [1.54, 1.807) is 0 Å². The fourth-order valence-electron chi connectivity index (χ4n) is 2.79. The second kappa shape index (κ2) is 8.81. The number of Topliss-reactive ketones (excluding diaryl/α,β-unsaturated/α-hetero) is 1. The molecule has 1 unspecified atom stereocenters. The van der Waals surface area contributed by atoms with E-state index >= 15 is 0 Å². The van der Waals surface area contributed by atoms with Crippen LogP contribution in [0.3, 0.4) is 0 Å². The molecule has 33 heavy (non-hydrogen) atoms. The van der Waals surface area contributed by atoms with E-state index in [-0.39, 0.29) is 28.1 Å². The molecule has 0 saturated heterocycles. The molecule has 9 nitrogen and oxygen atoms in total. The summed E-state index contributed by atoms with van der Waals surface area (Å²) in [7, 11) is 1.40. The van der Waals surface area contributed by atoms with Gasteiger partial charge in [0.1, 0.15) is 22.4 Å². The van der Waals surface area contributed by atoms with Crippen LogP contribution in [0.2, 0.25) is 5.15 Å². The number of hydrogen-bond donors (Lipinski definition) is 2. The number of alkyl halides is 3. The average molecular weight is 489 g/mol. The number of amides is 1. The van der Waals surface area contributed by atoms with Crippen LogP contribution in [0.1, 0.15) is 40.5 Å². The Hall–Kier alpha value is -3.48. The third-order valence-corrected chi connectivity index (χ3v) is 4.81. The molecule has 1 aromatic carbocycles. The molecule has 1 atom stereocenters. The number of carbonyl (C=O) groups is 2. The van der Waals surface area contributed by atoms with Gasteiger partial charge < -0.3 is 10.1 Å². The first kappa shape index (κ1) is 24.2. The number of H-pyrrole nitrogens is 1. The molecule has 0 fully saturated rings. The Balaban J connectivity index is 2.10. The third kappa shape index (κ3) is 4.97. The van der Waals surface area contributed by atoms with Gasteiger partial charge in [0.25, 0.3) is 5.91 Å². The molecule has 0 aliphatic heterocycles. The lowest BCUT2D eigenvalue weighted by Gasteiger charge is -2.20. The van der Waals surface area contributed by atoms with E-state index in [4.69, 9.17) is 16.3 Å². The van der Waals surface area contributed by atoms with E-state index in [1.807, 2.05) is 0 Å². The number of aromatic amines is 1. The lowest BCUT2D eigenvalue weighted by Crippen LogP contribution is -2.32. The maximum absolute atomic E-state index is 15.0. The van der Waals surface area contributed by atoms with E-state index < -0.39 is 41.1 Å². The van der Waals surface area contributed by atoms with Crippen LogP contribution in [0.5, 0.6) is 5.75 Å². The summed E-state index contributed by atoms with van der Waals surface area (Å²) in [6.07, 6.45) is -7.09. The highest BCUT2D eigenvalue weighted by Crippen LogP contribution is 2.33. The van der Waals surface area contributed by atoms with Gasteiger partial charge in [-0.3, -0.25) is 14.7 Å². The average Bonchev–Trinajstić information content (AvgIpc) is 3.25. The number of aromatic nitrogens is 5. The van der Waals surface area contributed by atoms with Crippen molar-refractivity contribution >= 4 is 29.0 Å². The molecule has 3 rings (SSSR count).